The van der Waals surface area contributed by atoms with Gasteiger partial charge in [-0.3, -0.25) is 4.90 Å². The van der Waals surface area contributed by atoms with Gasteiger partial charge in [-0.15, -0.1) is 0 Å². The third kappa shape index (κ3) is 3.87. The lowest BCUT2D eigenvalue weighted by atomic mass is 10.1. The van der Waals surface area contributed by atoms with E-state index in [2.05, 4.69) is 16.7 Å². The van der Waals surface area contributed by atoms with Gasteiger partial charge in [-0.2, -0.15) is 0 Å². The van der Waals surface area contributed by atoms with Gasteiger partial charge in [-0.1, -0.05) is 30.0 Å². The van der Waals surface area contributed by atoms with E-state index in [0.717, 1.165) is 31.5 Å². The summed E-state index contributed by atoms with van der Waals surface area (Å²) in [7, 11) is 0. The molecule has 2 rings (SSSR count). The van der Waals surface area contributed by atoms with Gasteiger partial charge in [-0.05, 0) is 44.4 Å². The molecule has 1 aromatic rings. The Balaban J connectivity index is 1.84. The van der Waals surface area contributed by atoms with Gasteiger partial charge in [0.1, 0.15) is 0 Å². The molecule has 0 saturated carbocycles. The minimum Gasteiger partial charge on any atom is -0.396 e. The van der Waals surface area contributed by atoms with E-state index in [1.165, 1.54) is 12.8 Å². The Morgan fingerprint density at radius 3 is 2.89 bits per heavy atom. The summed E-state index contributed by atoms with van der Waals surface area (Å²) >= 11 is 0. The van der Waals surface area contributed by atoms with Crippen LogP contribution in [0.2, 0.25) is 0 Å². The van der Waals surface area contributed by atoms with Crippen LogP contribution in [0.3, 0.4) is 0 Å². The first-order valence-corrected chi connectivity index (χ1v) is 6.79. The van der Waals surface area contributed by atoms with Crippen molar-refractivity contribution in [1.29, 1.82) is 0 Å². The molecule has 1 atom stereocenters. The normalized spacial score (nSPS) is 19.5. The maximum Gasteiger partial charge on any atom is 0.0607 e. The number of nitrogens with zero attached hydrogens (tertiary/aromatic N) is 1. The lowest BCUT2D eigenvalue weighted by molar-refractivity contribution is 0.232. The second kappa shape index (κ2) is 7.20. The van der Waals surface area contributed by atoms with Crippen LogP contribution in [0.25, 0.3) is 0 Å². The van der Waals surface area contributed by atoms with Crippen molar-refractivity contribution in [3.8, 4) is 11.8 Å². The Morgan fingerprint density at radius 1 is 1.28 bits per heavy atom. The molecule has 1 aliphatic rings. The zero-order valence-electron chi connectivity index (χ0n) is 10.8. The standard InChI is InChI=1S/C16H21NO/c18-14-6-11-16-10-5-13-17(16)12-4-9-15-7-2-1-3-8-15/h1-3,7-8,16,18H,5-6,10-14H2. The van der Waals surface area contributed by atoms with Crippen LogP contribution in [-0.2, 0) is 0 Å². The largest absolute Gasteiger partial charge is 0.396 e. The highest BCUT2D eigenvalue weighted by atomic mass is 16.2. The van der Waals surface area contributed by atoms with E-state index in [4.69, 9.17) is 5.11 Å². The zero-order chi connectivity index (χ0) is 12.6. The van der Waals surface area contributed by atoms with Crippen molar-refractivity contribution in [2.24, 2.45) is 0 Å². The van der Waals surface area contributed by atoms with Gasteiger partial charge in [-0.25, -0.2) is 0 Å². The summed E-state index contributed by atoms with van der Waals surface area (Å²) in [6, 6.07) is 10.8. The van der Waals surface area contributed by atoms with Gasteiger partial charge in [0.15, 0.2) is 0 Å². The molecule has 0 amide bonds. The van der Waals surface area contributed by atoms with Crippen LogP contribution in [0.1, 0.15) is 31.2 Å². The summed E-state index contributed by atoms with van der Waals surface area (Å²) in [5.74, 6) is 6.47. The molecule has 18 heavy (non-hydrogen) atoms. The van der Waals surface area contributed by atoms with Crippen molar-refractivity contribution in [1.82, 2.24) is 4.90 Å². The molecule has 2 heteroatoms. The van der Waals surface area contributed by atoms with Crippen molar-refractivity contribution in [2.45, 2.75) is 31.7 Å². The average molecular weight is 243 g/mol. The Labute approximate surface area is 110 Å². The van der Waals surface area contributed by atoms with E-state index in [1.54, 1.807) is 0 Å². The van der Waals surface area contributed by atoms with E-state index in [9.17, 15) is 0 Å². The highest BCUT2D eigenvalue weighted by molar-refractivity contribution is 5.33. The Hall–Kier alpha value is -1.30. The molecule has 0 radical (unpaired) electrons. The van der Waals surface area contributed by atoms with Gasteiger partial charge < -0.3 is 5.11 Å². The SMILES string of the molecule is OCCCC1CCCN1CC#Cc1ccccc1. The van der Waals surface area contributed by atoms with E-state index >= 15 is 0 Å². The van der Waals surface area contributed by atoms with E-state index in [1.807, 2.05) is 30.3 Å². The lowest BCUT2D eigenvalue weighted by Gasteiger charge is -2.21. The third-order valence-electron chi connectivity index (χ3n) is 3.48. The predicted octanol–water partition coefficient (Wildman–Crippen LogP) is 2.28. The topological polar surface area (TPSA) is 23.5 Å². The van der Waals surface area contributed by atoms with Crippen LogP contribution in [0.15, 0.2) is 30.3 Å². The summed E-state index contributed by atoms with van der Waals surface area (Å²) in [5, 5.41) is 8.89. The fourth-order valence-corrected chi connectivity index (χ4v) is 2.52. The number of rotatable bonds is 4. The predicted molar refractivity (Wildman–Crippen MR) is 74.2 cm³/mol. The number of likely N-dealkylation sites (tertiary alicyclic amines) is 1. The number of aliphatic hydroxyl groups is 1. The van der Waals surface area contributed by atoms with Crippen LogP contribution in [-0.4, -0.2) is 35.7 Å². The Kier molecular flexibility index (Phi) is 5.26. The second-order valence-corrected chi connectivity index (χ2v) is 4.80. The molecule has 0 aromatic heterocycles. The van der Waals surface area contributed by atoms with Crippen LogP contribution < -0.4 is 0 Å². The van der Waals surface area contributed by atoms with Gasteiger partial charge in [0, 0.05) is 18.2 Å². The van der Waals surface area contributed by atoms with Gasteiger partial charge in [0.2, 0.25) is 0 Å². The van der Waals surface area contributed by atoms with Crippen molar-refractivity contribution < 1.29 is 5.11 Å². The Morgan fingerprint density at radius 2 is 2.11 bits per heavy atom. The molecule has 1 aromatic carbocycles. The maximum absolute atomic E-state index is 8.89. The number of aliphatic hydroxyl groups excluding tert-OH is 1. The van der Waals surface area contributed by atoms with Crippen LogP contribution in [0.4, 0.5) is 0 Å². The summed E-state index contributed by atoms with van der Waals surface area (Å²) in [6.07, 6.45) is 4.53. The minimum absolute atomic E-state index is 0.306. The molecular formula is C16H21NO. The fourth-order valence-electron chi connectivity index (χ4n) is 2.52. The molecular weight excluding hydrogens is 222 g/mol. The number of hydrogen-bond acceptors (Lipinski definition) is 2. The van der Waals surface area contributed by atoms with E-state index in [0.29, 0.717) is 12.6 Å². The molecule has 1 N–H and O–H groups in total. The first kappa shape index (κ1) is 13.1. The molecule has 0 aliphatic carbocycles. The molecule has 1 aliphatic heterocycles. The summed E-state index contributed by atoms with van der Waals surface area (Å²) in [5.41, 5.74) is 1.09. The first-order valence-electron chi connectivity index (χ1n) is 6.79. The monoisotopic (exact) mass is 243 g/mol. The van der Waals surface area contributed by atoms with Crippen LogP contribution >= 0.6 is 0 Å². The Bertz CT molecular complexity index is 404. The first-order chi connectivity index (χ1) is 8.90. The van der Waals surface area contributed by atoms with Crippen molar-refractivity contribution >= 4 is 0 Å². The van der Waals surface area contributed by atoms with Gasteiger partial charge in [0.05, 0.1) is 6.54 Å². The smallest absolute Gasteiger partial charge is 0.0607 e. The van der Waals surface area contributed by atoms with Crippen molar-refractivity contribution in [3.05, 3.63) is 35.9 Å². The third-order valence-corrected chi connectivity index (χ3v) is 3.48. The van der Waals surface area contributed by atoms with Gasteiger partial charge >= 0.3 is 0 Å². The number of benzene rings is 1. The second-order valence-electron chi connectivity index (χ2n) is 4.80. The molecule has 96 valence electrons. The quantitative estimate of drug-likeness (QED) is 0.820. The maximum atomic E-state index is 8.89. The summed E-state index contributed by atoms with van der Waals surface area (Å²) in [4.78, 5) is 2.45. The van der Waals surface area contributed by atoms with Crippen LogP contribution in [0, 0.1) is 11.8 Å². The van der Waals surface area contributed by atoms with Gasteiger partial charge in [0.25, 0.3) is 0 Å². The zero-order valence-corrected chi connectivity index (χ0v) is 10.8. The molecule has 1 fully saturated rings. The highest BCUT2D eigenvalue weighted by Crippen LogP contribution is 2.20. The van der Waals surface area contributed by atoms with Crippen LogP contribution in [0.5, 0.6) is 0 Å². The summed E-state index contributed by atoms with van der Waals surface area (Å²) < 4.78 is 0. The van der Waals surface area contributed by atoms with E-state index < -0.39 is 0 Å². The summed E-state index contributed by atoms with van der Waals surface area (Å²) in [6.45, 7) is 2.31. The fraction of sp³-hybridized carbons (Fsp3) is 0.500. The molecule has 0 bridgehead atoms. The average Bonchev–Trinajstić information content (AvgIpc) is 2.85. The highest BCUT2D eigenvalue weighted by Gasteiger charge is 2.22. The molecule has 2 nitrogen and oxygen atoms in total. The number of hydrogen-bond donors (Lipinski definition) is 1. The lowest BCUT2D eigenvalue weighted by Crippen LogP contribution is -2.29. The molecule has 1 saturated heterocycles. The van der Waals surface area contributed by atoms with Crippen molar-refractivity contribution in [2.75, 3.05) is 19.7 Å². The molecule has 1 unspecified atom stereocenters. The molecule has 0 spiro atoms. The minimum atomic E-state index is 0.306. The van der Waals surface area contributed by atoms with Crippen molar-refractivity contribution in [3.63, 3.8) is 0 Å². The van der Waals surface area contributed by atoms with E-state index in [-0.39, 0.29) is 0 Å². The molecule has 1 heterocycles.